The molecule has 1 aromatic heterocycles. The number of halogens is 1. The first kappa shape index (κ1) is 15.1. The van der Waals surface area contributed by atoms with Gasteiger partial charge in [0.25, 0.3) is 5.91 Å². The topological polar surface area (TPSA) is 54.3 Å². The molecule has 2 aliphatic carbocycles. The average Bonchev–Trinajstić information content (AvgIpc) is 3.27. The zero-order valence-corrected chi connectivity index (χ0v) is 13.8. The van der Waals surface area contributed by atoms with Crippen molar-refractivity contribution in [2.75, 3.05) is 13.2 Å². The molecule has 1 heterocycles. The molecule has 0 aliphatic heterocycles. The number of hydrogen-bond acceptors (Lipinski definition) is 2. The van der Waals surface area contributed by atoms with E-state index in [-0.39, 0.29) is 12.5 Å². The van der Waals surface area contributed by atoms with Gasteiger partial charge in [0.15, 0.2) is 0 Å². The molecule has 1 amide bonds. The number of hydrogen-bond donors (Lipinski definition) is 2. The van der Waals surface area contributed by atoms with Crippen LogP contribution in [0.2, 0.25) is 0 Å². The maximum Gasteiger partial charge on any atom is 0.267 e. The van der Waals surface area contributed by atoms with Gasteiger partial charge >= 0.3 is 0 Å². The monoisotopic (exact) mass is 354 g/mol. The minimum atomic E-state index is 0.00913. The summed E-state index contributed by atoms with van der Waals surface area (Å²) in [5.74, 6) is 0.774. The maximum absolute atomic E-state index is 12.4. The molecule has 2 N–H and O–H groups in total. The first-order valence-corrected chi connectivity index (χ1v) is 8.74. The number of nitrogens with zero attached hydrogens (tertiary/aromatic N) is 1. The Balaban J connectivity index is 1.61. The Morgan fingerprint density at radius 1 is 1.29 bits per heavy atom. The first-order chi connectivity index (χ1) is 10.2. The molecule has 0 saturated heterocycles. The van der Waals surface area contributed by atoms with Crippen molar-refractivity contribution < 1.29 is 9.90 Å². The fourth-order valence-corrected chi connectivity index (χ4v) is 3.83. The largest absolute Gasteiger partial charge is 0.396 e. The van der Waals surface area contributed by atoms with Crippen molar-refractivity contribution in [3.05, 3.63) is 22.4 Å². The number of aromatic nitrogens is 1. The molecule has 21 heavy (non-hydrogen) atoms. The SMILES string of the molecule is O=C(NCC1CCCCC1CO)c1cc(Br)cn1C1CC1. The van der Waals surface area contributed by atoms with E-state index in [1.165, 1.54) is 12.8 Å². The van der Waals surface area contributed by atoms with Gasteiger partial charge in [0.1, 0.15) is 5.69 Å². The molecule has 116 valence electrons. The van der Waals surface area contributed by atoms with Crippen molar-refractivity contribution >= 4 is 21.8 Å². The zero-order valence-electron chi connectivity index (χ0n) is 12.2. The molecule has 2 saturated carbocycles. The zero-order chi connectivity index (χ0) is 14.8. The summed E-state index contributed by atoms with van der Waals surface area (Å²) in [6.45, 7) is 0.919. The average molecular weight is 355 g/mol. The van der Waals surface area contributed by atoms with Gasteiger partial charge < -0.3 is 15.0 Å². The molecule has 0 bridgehead atoms. The third-order valence-electron chi connectivity index (χ3n) is 4.81. The maximum atomic E-state index is 12.4. The van der Waals surface area contributed by atoms with Gasteiger partial charge in [-0.2, -0.15) is 0 Å². The van der Waals surface area contributed by atoms with E-state index in [0.29, 0.717) is 24.4 Å². The van der Waals surface area contributed by atoms with Crippen molar-refractivity contribution in [1.29, 1.82) is 0 Å². The van der Waals surface area contributed by atoms with E-state index in [4.69, 9.17) is 0 Å². The molecule has 2 atom stereocenters. The normalized spacial score (nSPS) is 25.8. The van der Waals surface area contributed by atoms with Crippen molar-refractivity contribution in [2.24, 2.45) is 11.8 Å². The number of rotatable bonds is 5. The summed E-state index contributed by atoms with van der Waals surface area (Å²) in [6.07, 6.45) is 8.94. The van der Waals surface area contributed by atoms with Crippen molar-refractivity contribution in [2.45, 2.75) is 44.6 Å². The van der Waals surface area contributed by atoms with Crippen molar-refractivity contribution in [3.63, 3.8) is 0 Å². The Bertz CT molecular complexity index is 510. The van der Waals surface area contributed by atoms with Crippen LogP contribution < -0.4 is 5.32 Å². The summed E-state index contributed by atoms with van der Waals surface area (Å²) in [5.41, 5.74) is 0.751. The van der Waals surface area contributed by atoms with Crippen LogP contribution in [0.5, 0.6) is 0 Å². The molecule has 2 unspecified atom stereocenters. The molecule has 5 heteroatoms. The van der Waals surface area contributed by atoms with Crippen molar-refractivity contribution in [3.8, 4) is 0 Å². The Hall–Kier alpha value is -0.810. The minimum Gasteiger partial charge on any atom is -0.396 e. The lowest BCUT2D eigenvalue weighted by Gasteiger charge is -2.30. The quantitative estimate of drug-likeness (QED) is 0.853. The predicted molar refractivity (Wildman–Crippen MR) is 85.3 cm³/mol. The van der Waals surface area contributed by atoms with Crippen LogP contribution in [0.15, 0.2) is 16.7 Å². The van der Waals surface area contributed by atoms with Gasteiger partial charge in [-0.1, -0.05) is 12.8 Å². The molecular formula is C16H23BrN2O2. The summed E-state index contributed by atoms with van der Waals surface area (Å²) >= 11 is 3.46. The molecule has 1 aromatic rings. The standard InChI is InChI=1S/C16H23BrN2O2/c17-13-7-15(19(9-13)14-5-6-14)16(21)18-8-11-3-1-2-4-12(11)10-20/h7,9,11-12,14,20H,1-6,8,10H2,(H,18,21). The van der Waals surface area contributed by atoms with Crippen LogP contribution in [0.1, 0.15) is 55.1 Å². The minimum absolute atomic E-state index is 0.00913. The summed E-state index contributed by atoms with van der Waals surface area (Å²) in [4.78, 5) is 12.4. The van der Waals surface area contributed by atoms with E-state index in [1.807, 2.05) is 12.3 Å². The molecule has 2 aliphatic rings. The number of amides is 1. The van der Waals surface area contributed by atoms with Gasteiger partial charge in [0, 0.05) is 29.9 Å². The van der Waals surface area contributed by atoms with Gasteiger partial charge in [-0.05, 0) is 59.5 Å². The highest BCUT2D eigenvalue weighted by molar-refractivity contribution is 9.10. The third-order valence-corrected chi connectivity index (χ3v) is 5.25. The van der Waals surface area contributed by atoms with Gasteiger partial charge in [-0.3, -0.25) is 4.79 Å². The lowest BCUT2D eigenvalue weighted by atomic mass is 9.79. The first-order valence-electron chi connectivity index (χ1n) is 7.95. The van der Waals surface area contributed by atoms with Crippen LogP contribution in [0.4, 0.5) is 0 Å². The smallest absolute Gasteiger partial charge is 0.267 e. The number of aliphatic hydroxyl groups is 1. The van der Waals surface area contributed by atoms with Crippen LogP contribution in [-0.4, -0.2) is 28.7 Å². The second kappa shape index (κ2) is 6.53. The molecule has 3 rings (SSSR count). The lowest BCUT2D eigenvalue weighted by Crippen LogP contribution is -2.36. The highest BCUT2D eigenvalue weighted by Gasteiger charge is 2.29. The van der Waals surface area contributed by atoms with Gasteiger partial charge in [-0.25, -0.2) is 0 Å². The van der Waals surface area contributed by atoms with Gasteiger partial charge in [0.05, 0.1) is 0 Å². The molecule has 4 nitrogen and oxygen atoms in total. The number of aliphatic hydroxyl groups excluding tert-OH is 1. The third kappa shape index (κ3) is 3.51. The Kier molecular flexibility index (Phi) is 4.69. The van der Waals surface area contributed by atoms with E-state index in [9.17, 15) is 9.90 Å². The van der Waals surface area contributed by atoms with E-state index in [0.717, 1.165) is 35.8 Å². The fourth-order valence-electron chi connectivity index (χ4n) is 3.39. The molecule has 0 aromatic carbocycles. The summed E-state index contributed by atoms with van der Waals surface area (Å²) in [6, 6.07) is 2.40. The van der Waals surface area contributed by atoms with E-state index in [2.05, 4.69) is 25.8 Å². The number of carbonyl (C=O) groups excluding carboxylic acids is 1. The summed E-state index contributed by atoms with van der Waals surface area (Å²) in [7, 11) is 0. The van der Waals surface area contributed by atoms with Crippen LogP contribution in [-0.2, 0) is 0 Å². The highest BCUT2D eigenvalue weighted by atomic mass is 79.9. The Morgan fingerprint density at radius 3 is 2.67 bits per heavy atom. The predicted octanol–water partition coefficient (Wildman–Crippen LogP) is 3.11. The molecule has 2 fully saturated rings. The summed E-state index contributed by atoms with van der Waals surface area (Å²) in [5, 5.41) is 12.5. The number of nitrogens with one attached hydrogen (secondary N) is 1. The van der Waals surface area contributed by atoms with Gasteiger partial charge in [0.2, 0.25) is 0 Å². The van der Waals surface area contributed by atoms with E-state index >= 15 is 0 Å². The van der Waals surface area contributed by atoms with Gasteiger partial charge in [-0.15, -0.1) is 0 Å². The number of carbonyl (C=O) groups is 1. The highest BCUT2D eigenvalue weighted by Crippen LogP contribution is 2.37. The second-order valence-corrected chi connectivity index (χ2v) is 7.29. The fraction of sp³-hybridized carbons (Fsp3) is 0.688. The van der Waals surface area contributed by atoms with Crippen LogP contribution in [0.3, 0.4) is 0 Å². The molecular weight excluding hydrogens is 332 g/mol. The Labute approximate surface area is 134 Å². The van der Waals surface area contributed by atoms with Crippen LogP contribution in [0.25, 0.3) is 0 Å². The summed E-state index contributed by atoms with van der Waals surface area (Å²) < 4.78 is 3.05. The van der Waals surface area contributed by atoms with Crippen molar-refractivity contribution in [1.82, 2.24) is 9.88 Å². The van der Waals surface area contributed by atoms with Crippen LogP contribution >= 0.6 is 15.9 Å². The molecule has 0 spiro atoms. The lowest BCUT2D eigenvalue weighted by molar-refractivity contribution is 0.0900. The molecule has 0 radical (unpaired) electrons. The van der Waals surface area contributed by atoms with E-state index < -0.39 is 0 Å². The second-order valence-electron chi connectivity index (χ2n) is 6.38. The van der Waals surface area contributed by atoms with E-state index in [1.54, 1.807) is 0 Å². The van der Waals surface area contributed by atoms with Crippen LogP contribution in [0, 0.1) is 11.8 Å². The Morgan fingerprint density at radius 2 is 2.00 bits per heavy atom.